The van der Waals surface area contributed by atoms with Crippen molar-refractivity contribution in [3.63, 3.8) is 0 Å². The van der Waals surface area contributed by atoms with Gasteiger partial charge in [-0.1, -0.05) is 36.8 Å². The first-order valence-corrected chi connectivity index (χ1v) is 9.17. The van der Waals surface area contributed by atoms with Gasteiger partial charge in [0.25, 0.3) is 5.91 Å². The minimum absolute atomic E-state index is 0.0577. The molecular weight excluding hydrogens is 330 g/mol. The van der Waals surface area contributed by atoms with Crippen LogP contribution in [-0.4, -0.2) is 57.6 Å². The Labute approximate surface area is 154 Å². The Hall–Kier alpha value is -2.18. The molecule has 1 aromatic heterocycles. The summed E-state index contributed by atoms with van der Waals surface area (Å²) in [5.74, 6) is -0.0577. The van der Waals surface area contributed by atoms with Crippen LogP contribution in [0.2, 0.25) is 0 Å². The Balaban J connectivity index is 1.74. The van der Waals surface area contributed by atoms with Crippen LogP contribution in [0.1, 0.15) is 34.8 Å². The molecule has 1 amide bonds. The van der Waals surface area contributed by atoms with Crippen LogP contribution >= 0.6 is 0 Å². The molecule has 1 N–H and O–H groups in total. The van der Waals surface area contributed by atoms with Gasteiger partial charge in [-0.05, 0) is 18.9 Å². The Morgan fingerprint density at radius 3 is 3.00 bits per heavy atom. The fourth-order valence-corrected chi connectivity index (χ4v) is 3.48. The molecule has 1 fully saturated rings. The lowest BCUT2D eigenvalue weighted by Gasteiger charge is -2.41. The Morgan fingerprint density at radius 1 is 1.42 bits per heavy atom. The molecule has 1 atom stereocenters. The maximum atomic E-state index is 12.9. The molecule has 0 bridgehead atoms. The number of aryl methyl sites for hydroxylation is 2. The lowest BCUT2D eigenvalue weighted by Crippen LogP contribution is -2.56. The summed E-state index contributed by atoms with van der Waals surface area (Å²) in [5.41, 5.74) is 2.09. The highest BCUT2D eigenvalue weighted by Gasteiger charge is 2.38. The molecule has 0 radical (unpaired) electrons. The SMILES string of the molecule is CCCn1cc(C(=O)N2CCOC(CO)(Cc3cccc(C)c3)C2)cn1. The average molecular weight is 357 g/mol. The Bertz CT molecular complexity index is 758. The van der Waals surface area contributed by atoms with E-state index in [0.717, 1.165) is 18.5 Å². The van der Waals surface area contributed by atoms with Gasteiger partial charge >= 0.3 is 0 Å². The molecule has 140 valence electrons. The zero-order chi connectivity index (χ0) is 18.6. The summed E-state index contributed by atoms with van der Waals surface area (Å²) in [5, 5.41) is 14.3. The lowest BCUT2D eigenvalue weighted by atomic mass is 9.92. The van der Waals surface area contributed by atoms with Crippen molar-refractivity contribution in [1.82, 2.24) is 14.7 Å². The zero-order valence-electron chi connectivity index (χ0n) is 15.5. The molecule has 1 unspecified atom stereocenters. The molecule has 2 aromatic rings. The maximum Gasteiger partial charge on any atom is 0.257 e. The van der Waals surface area contributed by atoms with Gasteiger partial charge in [0.2, 0.25) is 0 Å². The van der Waals surface area contributed by atoms with E-state index in [2.05, 4.69) is 18.1 Å². The number of hydrogen-bond donors (Lipinski definition) is 1. The number of aliphatic hydroxyl groups is 1. The van der Waals surface area contributed by atoms with Crippen molar-refractivity contribution in [2.45, 2.75) is 38.8 Å². The van der Waals surface area contributed by atoms with E-state index in [0.29, 0.717) is 31.7 Å². The fraction of sp³-hybridized carbons (Fsp3) is 0.500. The molecule has 6 heteroatoms. The highest BCUT2D eigenvalue weighted by atomic mass is 16.5. The highest BCUT2D eigenvalue weighted by molar-refractivity contribution is 5.93. The van der Waals surface area contributed by atoms with Crippen LogP contribution in [-0.2, 0) is 17.7 Å². The predicted molar refractivity (Wildman–Crippen MR) is 99.1 cm³/mol. The number of aliphatic hydroxyl groups excluding tert-OH is 1. The average Bonchev–Trinajstić information content (AvgIpc) is 3.10. The Kier molecular flexibility index (Phi) is 5.74. The van der Waals surface area contributed by atoms with Gasteiger partial charge in [0.15, 0.2) is 0 Å². The quantitative estimate of drug-likeness (QED) is 0.859. The molecule has 1 aliphatic rings. The smallest absolute Gasteiger partial charge is 0.257 e. The number of ether oxygens (including phenoxy) is 1. The number of rotatable bonds is 6. The zero-order valence-corrected chi connectivity index (χ0v) is 15.5. The molecule has 1 aromatic carbocycles. The van der Waals surface area contributed by atoms with Gasteiger partial charge in [-0.3, -0.25) is 9.48 Å². The molecule has 6 nitrogen and oxygen atoms in total. The van der Waals surface area contributed by atoms with Gasteiger partial charge in [0.1, 0.15) is 5.60 Å². The van der Waals surface area contributed by atoms with Gasteiger partial charge in [-0.25, -0.2) is 0 Å². The summed E-state index contributed by atoms with van der Waals surface area (Å²) in [7, 11) is 0. The van der Waals surface area contributed by atoms with Gasteiger partial charge in [0.05, 0.1) is 31.5 Å². The molecule has 1 saturated heterocycles. The molecule has 2 heterocycles. The third-order valence-corrected chi connectivity index (χ3v) is 4.77. The van der Waals surface area contributed by atoms with E-state index in [4.69, 9.17) is 4.74 Å². The van der Waals surface area contributed by atoms with E-state index in [1.54, 1.807) is 22.0 Å². The molecule has 0 spiro atoms. The van der Waals surface area contributed by atoms with Crippen LogP contribution in [0.25, 0.3) is 0 Å². The maximum absolute atomic E-state index is 12.9. The molecule has 26 heavy (non-hydrogen) atoms. The van der Waals surface area contributed by atoms with Crippen molar-refractivity contribution in [2.75, 3.05) is 26.3 Å². The third kappa shape index (κ3) is 4.14. The van der Waals surface area contributed by atoms with Gasteiger partial charge < -0.3 is 14.7 Å². The number of hydrogen-bond acceptors (Lipinski definition) is 4. The number of amides is 1. The van der Waals surface area contributed by atoms with Crippen molar-refractivity contribution in [3.05, 3.63) is 53.3 Å². The number of aromatic nitrogens is 2. The number of nitrogens with zero attached hydrogens (tertiary/aromatic N) is 3. The second kappa shape index (κ2) is 8.01. The van der Waals surface area contributed by atoms with Crippen molar-refractivity contribution in [2.24, 2.45) is 0 Å². The first kappa shape index (κ1) is 18.6. The summed E-state index contributed by atoms with van der Waals surface area (Å²) >= 11 is 0. The summed E-state index contributed by atoms with van der Waals surface area (Å²) in [6, 6.07) is 8.17. The molecule has 0 saturated carbocycles. The van der Waals surface area contributed by atoms with Crippen LogP contribution in [0.5, 0.6) is 0 Å². The number of morpholine rings is 1. The number of carbonyl (C=O) groups is 1. The molecular formula is C20H27N3O3. The van der Waals surface area contributed by atoms with E-state index in [1.165, 1.54) is 5.56 Å². The van der Waals surface area contributed by atoms with E-state index in [9.17, 15) is 9.90 Å². The van der Waals surface area contributed by atoms with E-state index in [1.807, 2.05) is 25.1 Å². The highest BCUT2D eigenvalue weighted by Crippen LogP contribution is 2.24. The first-order chi connectivity index (χ1) is 12.5. The second-order valence-corrected chi connectivity index (χ2v) is 7.07. The van der Waals surface area contributed by atoms with Crippen molar-refractivity contribution in [1.29, 1.82) is 0 Å². The molecule has 1 aliphatic heterocycles. The largest absolute Gasteiger partial charge is 0.393 e. The van der Waals surface area contributed by atoms with Crippen LogP contribution in [0.4, 0.5) is 0 Å². The van der Waals surface area contributed by atoms with E-state index in [-0.39, 0.29) is 12.5 Å². The first-order valence-electron chi connectivity index (χ1n) is 9.17. The van der Waals surface area contributed by atoms with Gasteiger partial charge in [0, 0.05) is 25.7 Å². The van der Waals surface area contributed by atoms with E-state index < -0.39 is 5.60 Å². The monoisotopic (exact) mass is 357 g/mol. The van der Waals surface area contributed by atoms with Gasteiger partial charge in [-0.2, -0.15) is 5.10 Å². The third-order valence-electron chi connectivity index (χ3n) is 4.77. The van der Waals surface area contributed by atoms with Gasteiger partial charge in [-0.15, -0.1) is 0 Å². The van der Waals surface area contributed by atoms with Crippen LogP contribution in [0.3, 0.4) is 0 Å². The normalized spacial score (nSPS) is 20.3. The van der Waals surface area contributed by atoms with Crippen molar-refractivity contribution >= 4 is 5.91 Å². The second-order valence-electron chi connectivity index (χ2n) is 7.07. The fourth-order valence-electron chi connectivity index (χ4n) is 3.48. The van der Waals surface area contributed by atoms with Crippen molar-refractivity contribution in [3.8, 4) is 0 Å². The Morgan fingerprint density at radius 2 is 2.27 bits per heavy atom. The van der Waals surface area contributed by atoms with E-state index >= 15 is 0 Å². The lowest BCUT2D eigenvalue weighted by molar-refractivity contribution is -0.123. The van der Waals surface area contributed by atoms with Crippen LogP contribution in [0, 0.1) is 6.92 Å². The van der Waals surface area contributed by atoms with Crippen LogP contribution in [0.15, 0.2) is 36.7 Å². The minimum Gasteiger partial charge on any atom is -0.393 e. The summed E-state index contributed by atoms with van der Waals surface area (Å²) in [6.07, 6.45) is 4.96. The standard InChI is InChI=1S/C20H27N3O3/c1-3-7-23-13-18(12-21-23)19(25)22-8-9-26-20(14-22,15-24)11-17-6-4-5-16(2)10-17/h4-6,10,12-13,24H,3,7-9,11,14-15H2,1-2H3. The van der Waals surface area contributed by atoms with Crippen LogP contribution < -0.4 is 0 Å². The summed E-state index contributed by atoms with van der Waals surface area (Å²) in [6.45, 7) is 6.10. The summed E-state index contributed by atoms with van der Waals surface area (Å²) in [4.78, 5) is 14.6. The molecule has 0 aliphatic carbocycles. The number of carbonyl (C=O) groups excluding carboxylic acids is 1. The predicted octanol–water partition coefficient (Wildman–Crippen LogP) is 2.05. The minimum atomic E-state index is -0.763. The number of benzene rings is 1. The summed E-state index contributed by atoms with van der Waals surface area (Å²) < 4.78 is 7.75. The molecule has 3 rings (SSSR count). The van der Waals surface area contributed by atoms with Crippen molar-refractivity contribution < 1.29 is 14.6 Å². The topological polar surface area (TPSA) is 67.6 Å².